The molecule has 0 radical (unpaired) electrons. The first kappa shape index (κ1) is 12.6. The van der Waals surface area contributed by atoms with E-state index in [4.69, 9.17) is 0 Å². The summed E-state index contributed by atoms with van der Waals surface area (Å²) in [6.07, 6.45) is 0.781. The van der Waals surface area contributed by atoms with Crippen LogP contribution in [-0.2, 0) is 5.60 Å². The zero-order chi connectivity index (χ0) is 12.7. The second-order valence-electron chi connectivity index (χ2n) is 6.05. The van der Waals surface area contributed by atoms with Crippen LogP contribution in [0.25, 0.3) is 0 Å². The zero-order valence-corrected chi connectivity index (χ0v) is 11.3. The Bertz CT molecular complexity index is 405. The van der Waals surface area contributed by atoms with Gasteiger partial charge in [0.15, 0.2) is 0 Å². The van der Waals surface area contributed by atoms with Gasteiger partial charge < -0.3 is 10.4 Å². The Hall–Kier alpha value is -0.860. The number of rotatable bonds is 1. The topological polar surface area (TPSA) is 32.3 Å². The van der Waals surface area contributed by atoms with Crippen molar-refractivity contribution in [1.82, 2.24) is 5.32 Å². The number of hydrogen-bond acceptors (Lipinski definition) is 2. The van der Waals surface area contributed by atoms with Gasteiger partial charge >= 0.3 is 0 Å². The van der Waals surface area contributed by atoms with Crippen LogP contribution in [0.4, 0.5) is 0 Å². The summed E-state index contributed by atoms with van der Waals surface area (Å²) in [5.41, 5.74) is 2.67. The molecule has 1 unspecified atom stereocenters. The van der Waals surface area contributed by atoms with Crippen LogP contribution in [0.5, 0.6) is 0 Å². The minimum Gasteiger partial charge on any atom is -0.385 e. The summed E-state index contributed by atoms with van der Waals surface area (Å²) >= 11 is 0. The highest BCUT2D eigenvalue weighted by Crippen LogP contribution is 2.44. The SMILES string of the molecule is Cc1cc(C)cc(C2(O)CCNCC2(C)C)c1. The van der Waals surface area contributed by atoms with Gasteiger partial charge in [-0.15, -0.1) is 0 Å². The van der Waals surface area contributed by atoms with E-state index in [1.807, 2.05) is 0 Å². The maximum absolute atomic E-state index is 11.1. The molecule has 0 spiro atoms. The fraction of sp³-hybridized carbons (Fsp3) is 0.600. The number of piperidine rings is 1. The number of benzene rings is 1. The van der Waals surface area contributed by atoms with Crippen LogP contribution in [0.2, 0.25) is 0 Å². The predicted octanol–water partition coefficient (Wildman–Crippen LogP) is 2.51. The summed E-state index contributed by atoms with van der Waals surface area (Å²) in [6.45, 7) is 10.2. The molecule has 2 nitrogen and oxygen atoms in total. The summed E-state index contributed by atoms with van der Waals surface area (Å²) in [6, 6.07) is 6.40. The normalized spacial score (nSPS) is 28.1. The molecule has 2 heteroatoms. The van der Waals surface area contributed by atoms with Crippen LogP contribution in [0.3, 0.4) is 0 Å². The number of hydrogen-bond donors (Lipinski definition) is 2. The van der Waals surface area contributed by atoms with Crippen molar-refractivity contribution < 1.29 is 5.11 Å². The van der Waals surface area contributed by atoms with Crippen molar-refractivity contribution >= 4 is 0 Å². The van der Waals surface area contributed by atoms with Gasteiger partial charge in [0.2, 0.25) is 0 Å². The van der Waals surface area contributed by atoms with E-state index in [0.717, 1.165) is 25.1 Å². The van der Waals surface area contributed by atoms with Crippen molar-refractivity contribution in [3.63, 3.8) is 0 Å². The molecule has 1 heterocycles. The first-order chi connectivity index (χ1) is 7.85. The largest absolute Gasteiger partial charge is 0.385 e. The molecule has 1 aliphatic rings. The molecule has 1 aliphatic heterocycles. The molecule has 2 rings (SSSR count). The molecule has 1 aromatic rings. The highest BCUT2D eigenvalue weighted by Gasteiger charge is 2.46. The Morgan fingerprint density at radius 2 is 1.71 bits per heavy atom. The molecule has 1 fully saturated rings. The highest BCUT2D eigenvalue weighted by atomic mass is 16.3. The highest BCUT2D eigenvalue weighted by molar-refractivity contribution is 5.34. The van der Waals surface area contributed by atoms with Crippen LogP contribution in [0.15, 0.2) is 18.2 Å². The molecule has 1 saturated heterocycles. The van der Waals surface area contributed by atoms with Gasteiger partial charge in [0, 0.05) is 12.0 Å². The predicted molar refractivity (Wildman–Crippen MR) is 71.1 cm³/mol. The van der Waals surface area contributed by atoms with Crippen molar-refractivity contribution in [3.05, 3.63) is 34.9 Å². The average Bonchev–Trinajstić information content (AvgIpc) is 2.21. The molecular weight excluding hydrogens is 210 g/mol. The van der Waals surface area contributed by atoms with E-state index in [2.05, 4.69) is 51.2 Å². The summed E-state index contributed by atoms with van der Waals surface area (Å²) in [4.78, 5) is 0. The zero-order valence-electron chi connectivity index (χ0n) is 11.3. The van der Waals surface area contributed by atoms with Gasteiger partial charge in [0.05, 0.1) is 5.60 Å². The Labute approximate surface area is 104 Å². The molecule has 0 amide bonds. The third kappa shape index (κ3) is 2.12. The van der Waals surface area contributed by atoms with E-state index >= 15 is 0 Å². The first-order valence-electron chi connectivity index (χ1n) is 6.37. The molecule has 0 saturated carbocycles. The van der Waals surface area contributed by atoms with Crippen molar-refractivity contribution in [1.29, 1.82) is 0 Å². The number of aliphatic hydroxyl groups is 1. The van der Waals surface area contributed by atoms with E-state index in [-0.39, 0.29) is 5.41 Å². The monoisotopic (exact) mass is 233 g/mol. The van der Waals surface area contributed by atoms with Crippen LogP contribution < -0.4 is 5.32 Å². The van der Waals surface area contributed by atoms with Gasteiger partial charge in [0.1, 0.15) is 0 Å². The van der Waals surface area contributed by atoms with E-state index in [1.54, 1.807) is 0 Å². The van der Waals surface area contributed by atoms with Gasteiger partial charge in [-0.1, -0.05) is 43.2 Å². The second-order valence-corrected chi connectivity index (χ2v) is 6.05. The van der Waals surface area contributed by atoms with Crippen molar-refractivity contribution in [2.24, 2.45) is 5.41 Å². The molecule has 1 aromatic carbocycles. The van der Waals surface area contributed by atoms with Gasteiger partial charge in [-0.2, -0.15) is 0 Å². The van der Waals surface area contributed by atoms with Crippen LogP contribution in [0, 0.1) is 19.3 Å². The Morgan fingerprint density at radius 3 is 2.24 bits per heavy atom. The third-order valence-electron chi connectivity index (χ3n) is 4.05. The van der Waals surface area contributed by atoms with Gasteiger partial charge in [-0.3, -0.25) is 0 Å². The number of aryl methyl sites for hydroxylation is 2. The molecule has 1 atom stereocenters. The second kappa shape index (κ2) is 4.11. The Kier molecular flexibility index (Phi) is 3.04. The maximum atomic E-state index is 11.1. The molecular formula is C15H23NO. The quantitative estimate of drug-likeness (QED) is 0.781. The lowest BCUT2D eigenvalue weighted by molar-refractivity contribution is -0.0945. The summed E-state index contributed by atoms with van der Waals surface area (Å²) < 4.78 is 0. The lowest BCUT2D eigenvalue weighted by atomic mass is 9.67. The summed E-state index contributed by atoms with van der Waals surface area (Å²) in [5.74, 6) is 0. The fourth-order valence-electron chi connectivity index (χ4n) is 2.90. The lowest BCUT2D eigenvalue weighted by Crippen LogP contribution is -2.53. The molecule has 0 bridgehead atoms. The van der Waals surface area contributed by atoms with E-state index < -0.39 is 5.60 Å². The molecule has 2 N–H and O–H groups in total. The number of nitrogens with one attached hydrogen (secondary N) is 1. The first-order valence-corrected chi connectivity index (χ1v) is 6.37. The standard InChI is InChI=1S/C15H23NO/c1-11-7-12(2)9-13(8-11)15(17)5-6-16-10-14(15,3)4/h7-9,16-17H,5-6,10H2,1-4H3. The maximum Gasteiger partial charge on any atom is 0.0971 e. The van der Waals surface area contributed by atoms with Crippen molar-refractivity contribution in [2.75, 3.05) is 13.1 Å². The van der Waals surface area contributed by atoms with Crippen LogP contribution in [-0.4, -0.2) is 18.2 Å². The smallest absolute Gasteiger partial charge is 0.0971 e. The Balaban J connectivity index is 2.49. The summed E-state index contributed by atoms with van der Waals surface area (Å²) in [7, 11) is 0. The molecule has 94 valence electrons. The van der Waals surface area contributed by atoms with Gasteiger partial charge in [-0.25, -0.2) is 0 Å². The Morgan fingerprint density at radius 1 is 1.12 bits per heavy atom. The summed E-state index contributed by atoms with van der Waals surface area (Å²) in [5, 5.41) is 14.4. The van der Waals surface area contributed by atoms with Gasteiger partial charge in [-0.05, 0) is 32.4 Å². The minimum absolute atomic E-state index is 0.133. The molecule has 0 aromatic heterocycles. The fourth-order valence-corrected chi connectivity index (χ4v) is 2.90. The van der Waals surface area contributed by atoms with E-state index in [1.165, 1.54) is 11.1 Å². The van der Waals surface area contributed by atoms with Crippen LogP contribution >= 0.6 is 0 Å². The van der Waals surface area contributed by atoms with E-state index in [9.17, 15) is 5.11 Å². The average molecular weight is 233 g/mol. The molecule has 17 heavy (non-hydrogen) atoms. The van der Waals surface area contributed by atoms with Gasteiger partial charge in [0.25, 0.3) is 0 Å². The van der Waals surface area contributed by atoms with Crippen molar-refractivity contribution in [3.8, 4) is 0 Å². The minimum atomic E-state index is -0.713. The lowest BCUT2D eigenvalue weighted by Gasteiger charge is -2.47. The van der Waals surface area contributed by atoms with E-state index in [0.29, 0.717) is 0 Å². The van der Waals surface area contributed by atoms with Crippen molar-refractivity contribution in [2.45, 2.75) is 39.7 Å². The van der Waals surface area contributed by atoms with Crippen LogP contribution in [0.1, 0.15) is 37.0 Å². The third-order valence-corrected chi connectivity index (χ3v) is 4.05. The molecule has 0 aliphatic carbocycles.